The van der Waals surface area contributed by atoms with E-state index in [0.717, 1.165) is 23.9 Å². The molecule has 0 fully saturated rings. The van der Waals surface area contributed by atoms with Crippen molar-refractivity contribution < 1.29 is 23.1 Å². The van der Waals surface area contributed by atoms with Crippen molar-refractivity contribution in [1.29, 1.82) is 0 Å². The number of carbonyl (C=O) groups excluding carboxylic acids is 2. The first kappa shape index (κ1) is 19.7. The molecule has 0 saturated heterocycles. The Kier molecular flexibility index (Phi) is 7.40. The van der Waals surface area contributed by atoms with Gasteiger partial charge in [-0.2, -0.15) is 0 Å². The van der Waals surface area contributed by atoms with Crippen molar-refractivity contribution in [1.82, 2.24) is 5.32 Å². The van der Waals surface area contributed by atoms with Crippen LogP contribution in [0.25, 0.3) is 0 Å². The molecule has 0 aliphatic rings. The zero-order chi connectivity index (χ0) is 18.9. The lowest BCUT2D eigenvalue weighted by Crippen LogP contribution is -2.33. The third-order valence-corrected chi connectivity index (χ3v) is 4.15. The zero-order valence-corrected chi connectivity index (χ0v) is 14.9. The Morgan fingerprint density at radius 1 is 1.04 bits per heavy atom. The van der Waals surface area contributed by atoms with E-state index in [4.69, 9.17) is 4.74 Å². The molecule has 0 saturated carbocycles. The summed E-state index contributed by atoms with van der Waals surface area (Å²) in [5.74, 6) is -1.98. The van der Waals surface area contributed by atoms with Gasteiger partial charge in [-0.15, -0.1) is 11.8 Å². The highest BCUT2D eigenvalue weighted by Gasteiger charge is 2.08. The Morgan fingerprint density at radius 2 is 1.77 bits per heavy atom. The minimum absolute atomic E-state index is 0.0125. The van der Waals surface area contributed by atoms with Crippen LogP contribution in [0.5, 0.6) is 5.75 Å². The molecule has 0 aliphatic carbocycles. The maximum Gasteiger partial charge on any atom is 0.243 e. The van der Waals surface area contributed by atoms with Crippen molar-refractivity contribution in [2.45, 2.75) is 11.8 Å². The highest BCUT2D eigenvalue weighted by atomic mass is 32.2. The van der Waals surface area contributed by atoms with Crippen molar-refractivity contribution >= 4 is 29.3 Å². The van der Waals surface area contributed by atoms with Gasteiger partial charge in [0.1, 0.15) is 5.75 Å². The fourth-order valence-electron chi connectivity index (χ4n) is 1.95. The van der Waals surface area contributed by atoms with Crippen LogP contribution in [0, 0.1) is 11.6 Å². The number of thioether (sulfide) groups is 1. The molecule has 0 aromatic heterocycles. The lowest BCUT2D eigenvalue weighted by Gasteiger charge is -2.08. The van der Waals surface area contributed by atoms with E-state index in [1.54, 1.807) is 24.3 Å². The Balaban J connectivity index is 1.72. The zero-order valence-electron chi connectivity index (χ0n) is 14.1. The molecule has 0 atom stereocenters. The Labute approximate surface area is 154 Å². The summed E-state index contributed by atoms with van der Waals surface area (Å²) in [6, 6.07) is 10.3. The second kappa shape index (κ2) is 9.76. The van der Waals surface area contributed by atoms with Crippen LogP contribution < -0.4 is 15.4 Å². The van der Waals surface area contributed by atoms with Gasteiger partial charge in [0.15, 0.2) is 11.6 Å². The molecule has 8 heteroatoms. The van der Waals surface area contributed by atoms with E-state index in [9.17, 15) is 18.4 Å². The minimum Gasteiger partial charge on any atom is -0.494 e. The smallest absolute Gasteiger partial charge is 0.243 e. The molecule has 0 unspecified atom stereocenters. The summed E-state index contributed by atoms with van der Waals surface area (Å²) in [6.07, 6.45) is 0. The first-order chi connectivity index (χ1) is 12.5. The van der Waals surface area contributed by atoms with Crippen molar-refractivity contribution in [3.8, 4) is 5.75 Å². The van der Waals surface area contributed by atoms with Gasteiger partial charge in [0.05, 0.1) is 18.9 Å². The molecule has 0 spiro atoms. The number of amides is 2. The van der Waals surface area contributed by atoms with E-state index < -0.39 is 11.6 Å². The van der Waals surface area contributed by atoms with Gasteiger partial charge in [-0.25, -0.2) is 8.78 Å². The van der Waals surface area contributed by atoms with Crippen molar-refractivity contribution in [2.24, 2.45) is 0 Å². The monoisotopic (exact) mass is 380 g/mol. The van der Waals surface area contributed by atoms with Crippen LogP contribution in [0.15, 0.2) is 47.4 Å². The summed E-state index contributed by atoms with van der Waals surface area (Å²) in [5, 5.41) is 5.11. The van der Waals surface area contributed by atoms with E-state index >= 15 is 0 Å². The molecular weight excluding hydrogens is 362 g/mol. The second-order valence-corrected chi connectivity index (χ2v) is 6.20. The molecule has 2 aromatic carbocycles. The highest BCUT2D eigenvalue weighted by Crippen LogP contribution is 2.20. The summed E-state index contributed by atoms with van der Waals surface area (Å²) in [7, 11) is 0. The Morgan fingerprint density at radius 3 is 2.42 bits per heavy atom. The van der Waals surface area contributed by atoms with Crippen molar-refractivity contribution in [3.05, 3.63) is 54.1 Å². The van der Waals surface area contributed by atoms with Crippen LogP contribution in [0.1, 0.15) is 6.92 Å². The van der Waals surface area contributed by atoms with Crippen molar-refractivity contribution in [2.75, 3.05) is 24.2 Å². The van der Waals surface area contributed by atoms with Crippen LogP contribution in [-0.4, -0.2) is 30.7 Å². The van der Waals surface area contributed by atoms with Crippen LogP contribution in [0.2, 0.25) is 0 Å². The van der Waals surface area contributed by atoms with E-state index in [1.165, 1.54) is 6.07 Å². The van der Waals surface area contributed by atoms with Crippen LogP contribution in [0.3, 0.4) is 0 Å². The van der Waals surface area contributed by atoms with Gasteiger partial charge in [-0.3, -0.25) is 9.59 Å². The minimum atomic E-state index is -0.967. The van der Waals surface area contributed by atoms with Crippen molar-refractivity contribution in [3.63, 3.8) is 0 Å². The predicted molar refractivity (Wildman–Crippen MR) is 96.3 cm³/mol. The molecule has 138 valence electrons. The van der Waals surface area contributed by atoms with E-state index in [0.29, 0.717) is 22.9 Å². The number of rotatable bonds is 8. The fourth-order valence-corrected chi connectivity index (χ4v) is 2.70. The number of benzene rings is 2. The number of anilines is 1. The summed E-state index contributed by atoms with van der Waals surface area (Å²) in [4.78, 5) is 24.0. The molecule has 2 aromatic rings. The number of nitrogens with one attached hydrogen (secondary N) is 2. The quantitative estimate of drug-likeness (QED) is 0.690. The van der Waals surface area contributed by atoms with E-state index in [-0.39, 0.29) is 24.1 Å². The van der Waals surface area contributed by atoms with Crippen LogP contribution in [0.4, 0.5) is 14.5 Å². The van der Waals surface area contributed by atoms with Crippen LogP contribution in [-0.2, 0) is 9.59 Å². The molecule has 0 radical (unpaired) electrons. The SMILES string of the molecule is CCOc1ccc(NC(=O)CNC(=O)CSc2ccc(F)c(F)c2)cc1. The second-order valence-electron chi connectivity index (χ2n) is 5.15. The Hall–Kier alpha value is -2.61. The van der Waals surface area contributed by atoms with E-state index in [1.807, 2.05) is 6.92 Å². The van der Waals surface area contributed by atoms with Crippen LogP contribution >= 0.6 is 11.8 Å². The standard InChI is InChI=1S/C18H18F2N2O3S/c1-2-25-13-5-3-12(4-6-13)22-17(23)10-21-18(24)11-26-14-7-8-15(19)16(20)9-14/h3-9H,2,10-11H2,1H3,(H,21,24)(H,22,23). The predicted octanol–water partition coefficient (Wildman–Crippen LogP) is 3.21. The molecule has 5 nitrogen and oxygen atoms in total. The highest BCUT2D eigenvalue weighted by molar-refractivity contribution is 8.00. The number of carbonyl (C=O) groups is 2. The summed E-state index contributed by atoms with van der Waals surface area (Å²) in [5.41, 5.74) is 0.587. The molecule has 0 aliphatic heterocycles. The summed E-state index contributed by atoms with van der Waals surface area (Å²) < 4.78 is 31.2. The third-order valence-electron chi connectivity index (χ3n) is 3.16. The number of ether oxygens (including phenoxy) is 1. The van der Waals surface area contributed by atoms with Gasteiger partial charge >= 0.3 is 0 Å². The van der Waals surface area contributed by atoms with Gasteiger partial charge in [-0.1, -0.05) is 0 Å². The Bertz CT molecular complexity index is 770. The molecule has 26 heavy (non-hydrogen) atoms. The first-order valence-electron chi connectivity index (χ1n) is 7.85. The average Bonchev–Trinajstić information content (AvgIpc) is 2.63. The van der Waals surface area contributed by atoms with Gasteiger partial charge < -0.3 is 15.4 Å². The molecule has 2 amide bonds. The lowest BCUT2D eigenvalue weighted by atomic mass is 10.3. The first-order valence-corrected chi connectivity index (χ1v) is 8.83. The van der Waals surface area contributed by atoms with Gasteiger partial charge in [-0.05, 0) is 49.4 Å². The number of halogens is 2. The van der Waals surface area contributed by atoms with Gasteiger partial charge in [0.2, 0.25) is 11.8 Å². The van der Waals surface area contributed by atoms with Gasteiger partial charge in [0, 0.05) is 10.6 Å². The topological polar surface area (TPSA) is 67.4 Å². The normalized spacial score (nSPS) is 10.3. The van der Waals surface area contributed by atoms with Gasteiger partial charge in [0.25, 0.3) is 0 Å². The molecular formula is C18H18F2N2O3S. The average molecular weight is 380 g/mol. The number of hydrogen-bond donors (Lipinski definition) is 2. The molecule has 2 rings (SSSR count). The third kappa shape index (κ3) is 6.36. The van der Waals surface area contributed by atoms with E-state index in [2.05, 4.69) is 10.6 Å². The molecule has 0 heterocycles. The molecule has 2 N–H and O–H groups in total. The maximum atomic E-state index is 13.1. The maximum absolute atomic E-state index is 13.1. The fraction of sp³-hybridized carbons (Fsp3) is 0.222. The molecule has 0 bridgehead atoms. The summed E-state index contributed by atoms with van der Waals surface area (Å²) >= 11 is 1.05. The lowest BCUT2D eigenvalue weighted by molar-refractivity contribution is -0.122. The largest absolute Gasteiger partial charge is 0.494 e. The number of hydrogen-bond acceptors (Lipinski definition) is 4. The summed E-state index contributed by atoms with van der Waals surface area (Å²) in [6.45, 7) is 2.24.